The number of rotatable bonds is 6. The summed E-state index contributed by atoms with van der Waals surface area (Å²) in [6.07, 6.45) is 0.658. The summed E-state index contributed by atoms with van der Waals surface area (Å²) < 4.78 is 7.41. The Morgan fingerprint density at radius 1 is 1.27 bits per heavy atom. The number of hydrogen-bond donors (Lipinski definition) is 0. The van der Waals surface area contributed by atoms with Gasteiger partial charge in [-0.3, -0.25) is 9.59 Å². The summed E-state index contributed by atoms with van der Waals surface area (Å²) in [4.78, 5) is 29.0. The highest BCUT2D eigenvalue weighted by atomic mass is 35.5. The summed E-state index contributed by atoms with van der Waals surface area (Å²) >= 11 is 6.97. The van der Waals surface area contributed by atoms with Gasteiger partial charge in [0.25, 0.3) is 0 Å². The van der Waals surface area contributed by atoms with E-state index in [-0.39, 0.29) is 18.8 Å². The maximum atomic E-state index is 12.0. The molecule has 0 amide bonds. The fourth-order valence-corrected chi connectivity index (χ4v) is 3.75. The molecule has 3 rings (SSSR count). The zero-order chi connectivity index (χ0) is 18.8. The Morgan fingerprint density at radius 2 is 2.04 bits per heavy atom. The number of esters is 1. The fraction of sp³-hybridized carbons (Fsp3) is 0.333. The van der Waals surface area contributed by atoms with Crippen molar-refractivity contribution in [3.63, 3.8) is 0 Å². The Bertz CT molecular complexity index is 993. The van der Waals surface area contributed by atoms with Crippen molar-refractivity contribution in [1.82, 2.24) is 14.6 Å². The maximum absolute atomic E-state index is 12.0. The first-order chi connectivity index (χ1) is 12.3. The molecule has 0 N–H and O–H groups in total. The highest BCUT2D eigenvalue weighted by Gasteiger charge is 2.15. The molecule has 0 fully saturated rings. The second-order valence-electron chi connectivity index (χ2n) is 6.00. The molecule has 0 saturated carbocycles. The molecule has 0 aliphatic carbocycles. The van der Waals surface area contributed by atoms with Crippen LogP contribution >= 0.6 is 22.9 Å². The second kappa shape index (κ2) is 7.55. The minimum Gasteiger partial charge on any atom is -0.457 e. The number of carbonyl (C=O) groups is 2. The number of thiophene rings is 1. The van der Waals surface area contributed by atoms with E-state index in [1.165, 1.54) is 11.3 Å². The molecule has 0 spiro atoms. The van der Waals surface area contributed by atoms with Gasteiger partial charge >= 0.3 is 5.97 Å². The third-order valence-corrected chi connectivity index (χ3v) is 5.35. The van der Waals surface area contributed by atoms with Crippen molar-refractivity contribution in [3.8, 4) is 0 Å². The first-order valence-electron chi connectivity index (χ1n) is 8.12. The van der Waals surface area contributed by atoms with Crippen molar-refractivity contribution in [2.75, 3.05) is 6.61 Å². The van der Waals surface area contributed by atoms with E-state index in [2.05, 4.69) is 10.1 Å². The van der Waals surface area contributed by atoms with Crippen LogP contribution in [-0.4, -0.2) is 33.0 Å². The molecular weight excluding hydrogens is 374 g/mol. The van der Waals surface area contributed by atoms with Gasteiger partial charge in [0, 0.05) is 23.9 Å². The fourth-order valence-electron chi connectivity index (χ4n) is 2.78. The average molecular weight is 392 g/mol. The van der Waals surface area contributed by atoms with Crippen LogP contribution in [0.25, 0.3) is 5.65 Å². The highest BCUT2D eigenvalue weighted by Crippen LogP contribution is 2.22. The van der Waals surface area contributed by atoms with E-state index in [0.717, 1.165) is 28.3 Å². The molecule has 0 unspecified atom stereocenters. The molecule has 0 saturated heterocycles. The van der Waals surface area contributed by atoms with Gasteiger partial charge in [0.1, 0.15) is 0 Å². The quantitative estimate of drug-likeness (QED) is 0.473. The predicted molar refractivity (Wildman–Crippen MR) is 100 cm³/mol. The number of carbonyl (C=O) groups excluding carboxylic acids is 2. The van der Waals surface area contributed by atoms with Crippen LogP contribution in [0.2, 0.25) is 4.34 Å². The van der Waals surface area contributed by atoms with Crippen LogP contribution in [-0.2, 0) is 16.0 Å². The van der Waals surface area contributed by atoms with E-state index in [0.29, 0.717) is 15.6 Å². The lowest BCUT2D eigenvalue weighted by Gasteiger charge is -2.10. The van der Waals surface area contributed by atoms with Crippen LogP contribution < -0.4 is 0 Å². The Balaban J connectivity index is 1.61. The largest absolute Gasteiger partial charge is 0.457 e. The molecule has 0 radical (unpaired) electrons. The number of fused-ring (bicyclic) bond motifs is 1. The molecule has 6 nitrogen and oxygen atoms in total. The van der Waals surface area contributed by atoms with E-state index in [1.54, 1.807) is 16.6 Å². The molecule has 3 heterocycles. The van der Waals surface area contributed by atoms with E-state index in [1.807, 2.05) is 26.8 Å². The predicted octanol–water partition coefficient (Wildman–Crippen LogP) is 3.73. The van der Waals surface area contributed by atoms with Crippen LogP contribution in [0.1, 0.15) is 38.7 Å². The van der Waals surface area contributed by atoms with E-state index in [4.69, 9.17) is 16.3 Å². The summed E-state index contributed by atoms with van der Waals surface area (Å²) in [6.45, 7) is 5.51. The average Bonchev–Trinajstić information content (AvgIpc) is 3.17. The molecule has 136 valence electrons. The van der Waals surface area contributed by atoms with Crippen LogP contribution in [0.15, 0.2) is 18.2 Å². The normalized spacial score (nSPS) is 11.1. The third kappa shape index (κ3) is 3.94. The molecule has 0 atom stereocenters. The van der Waals surface area contributed by atoms with Crippen molar-refractivity contribution >= 4 is 40.3 Å². The van der Waals surface area contributed by atoms with Gasteiger partial charge in [-0.15, -0.1) is 11.3 Å². The summed E-state index contributed by atoms with van der Waals surface area (Å²) in [5.41, 5.74) is 4.48. The number of nitrogens with zero attached hydrogens (tertiary/aromatic N) is 3. The van der Waals surface area contributed by atoms with Gasteiger partial charge in [-0.05, 0) is 44.9 Å². The van der Waals surface area contributed by atoms with E-state index < -0.39 is 5.97 Å². The summed E-state index contributed by atoms with van der Waals surface area (Å²) in [7, 11) is 0. The van der Waals surface area contributed by atoms with E-state index >= 15 is 0 Å². The number of ketones is 1. The van der Waals surface area contributed by atoms with Gasteiger partial charge in [0.05, 0.1) is 14.9 Å². The maximum Gasteiger partial charge on any atom is 0.306 e. The van der Waals surface area contributed by atoms with Crippen LogP contribution in [0.4, 0.5) is 0 Å². The lowest BCUT2D eigenvalue weighted by molar-refractivity contribution is -0.142. The lowest BCUT2D eigenvalue weighted by Crippen LogP contribution is -2.14. The van der Waals surface area contributed by atoms with Gasteiger partial charge < -0.3 is 4.74 Å². The third-order valence-electron chi connectivity index (χ3n) is 4.08. The summed E-state index contributed by atoms with van der Waals surface area (Å²) in [5, 5.41) is 4.42. The monoisotopic (exact) mass is 391 g/mol. The molecular formula is C18H18ClN3O3S. The van der Waals surface area contributed by atoms with Gasteiger partial charge in [-0.2, -0.15) is 5.10 Å². The number of halogens is 1. The zero-order valence-electron chi connectivity index (χ0n) is 14.7. The van der Waals surface area contributed by atoms with Gasteiger partial charge in [0.2, 0.25) is 5.78 Å². The minimum atomic E-state index is -0.420. The topological polar surface area (TPSA) is 73.6 Å². The molecule has 0 aromatic carbocycles. The SMILES string of the molecule is Cc1cc2nc(C)c(CCC(=O)OCC(=O)c3ccc(Cl)s3)c(C)n2n1. The smallest absolute Gasteiger partial charge is 0.306 e. The van der Waals surface area contributed by atoms with Gasteiger partial charge in [-0.25, -0.2) is 9.50 Å². The Hall–Kier alpha value is -2.25. The number of ether oxygens (including phenoxy) is 1. The lowest BCUT2D eigenvalue weighted by atomic mass is 10.1. The van der Waals surface area contributed by atoms with Gasteiger partial charge in [0.15, 0.2) is 12.3 Å². The van der Waals surface area contributed by atoms with Crippen molar-refractivity contribution in [1.29, 1.82) is 0 Å². The van der Waals surface area contributed by atoms with Crippen molar-refractivity contribution in [2.45, 2.75) is 33.6 Å². The van der Waals surface area contributed by atoms with Crippen LogP contribution in [0.3, 0.4) is 0 Å². The Labute approximate surface area is 159 Å². The Morgan fingerprint density at radius 3 is 2.73 bits per heavy atom. The van der Waals surface area contributed by atoms with Crippen molar-refractivity contribution in [3.05, 3.63) is 50.1 Å². The van der Waals surface area contributed by atoms with Crippen LogP contribution in [0, 0.1) is 20.8 Å². The molecule has 26 heavy (non-hydrogen) atoms. The molecule has 0 aliphatic rings. The second-order valence-corrected chi connectivity index (χ2v) is 7.72. The first kappa shape index (κ1) is 18.5. The van der Waals surface area contributed by atoms with Gasteiger partial charge in [-0.1, -0.05) is 11.6 Å². The molecule has 0 aliphatic heterocycles. The summed E-state index contributed by atoms with van der Waals surface area (Å²) in [6, 6.07) is 5.19. The number of aryl methyl sites for hydroxylation is 3. The highest BCUT2D eigenvalue weighted by molar-refractivity contribution is 7.18. The molecule has 3 aromatic rings. The number of aromatic nitrogens is 3. The van der Waals surface area contributed by atoms with Crippen molar-refractivity contribution < 1.29 is 14.3 Å². The number of Topliss-reactive ketones (excluding diaryl/α,β-unsaturated/α-hetero) is 1. The Kier molecular flexibility index (Phi) is 5.38. The standard InChI is InChI=1S/C18H18ClN3O3S/c1-10-8-17-20-11(2)13(12(3)22(17)21-10)4-7-18(24)25-9-14(23)15-5-6-16(19)26-15/h5-6,8H,4,7,9H2,1-3H3. The number of hydrogen-bond acceptors (Lipinski definition) is 6. The molecule has 0 bridgehead atoms. The van der Waals surface area contributed by atoms with Crippen molar-refractivity contribution in [2.24, 2.45) is 0 Å². The summed E-state index contributed by atoms with van der Waals surface area (Å²) in [5.74, 6) is -0.672. The molecule has 3 aromatic heterocycles. The molecule has 8 heteroatoms. The zero-order valence-corrected chi connectivity index (χ0v) is 16.3. The minimum absolute atomic E-state index is 0.174. The first-order valence-corrected chi connectivity index (χ1v) is 9.31. The van der Waals surface area contributed by atoms with E-state index in [9.17, 15) is 9.59 Å². The van der Waals surface area contributed by atoms with Crippen LogP contribution in [0.5, 0.6) is 0 Å².